The number of hydrogen-bond donors (Lipinski definition) is 2. The summed E-state index contributed by atoms with van der Waals surface area (Å²) in [5.74, 6) is 0. The number of rotatable bonds is 3. The summed E-state index contributed by atoms with van der Waals surface area (Å²) in [5.41, 5.74) is 9.30. The molecule has 1 aromatic rings. The van der Waals surface area contributed by atoms with Gasteiger partial charge in [0.25, 0.3) is 0 Å². The van der Waals surface area contributed by atoms with Gasteiger partial charge in [-0.1, -0.05) is 18.6 Å². The first-order valence-corrected chi connectivity index (χ1v) is 5.34. The van der Waals surface area contributed by atoms with Crippen LogP contribution in [0.3, 0.4) is 0 Å². The van der Waals surface area contributed by atoms with Crippen LogP contribution in [-0.2, 0) is 6.54 Å². The number of nitrogen functional groups attached to an aromatic ring is 1. The Labute approximate surface area is 85.5 Å². The molecule has 0 aromatic heterocycles. The Balaban J connectivity index is 1.97. The molecular weight excluding hydrogens is 172 g/mol. The molecule has 0 atom stereocenters. The monoisotopic (exact) mass is 190 g/mol. The molecule has 2 nitrogen and oxygen atoms in total. The number of nitrogens with two attached hydrogens (primary N) is 1. The molecule has 1 fully saturated rings. The molecule has 1 aliphatic rings. The second-order valence-electron chi connectivity index (χ2n) is 4.14. The standard InChI is InChI=1S/C12H18N2/c1-9-10(4-2-7-12(9)13)8-14-11-5-3-6-11/h2,4,7,11,14H,3,5-6,8,13H2,1H3. The fraction of sp³-hybridized carbons (Fsp3) is 0.500. The van der Waals surface area contributed by atoms with Gasteiger partial charge in [-0.2, -0.15) is 0 Å². The van der Waals surface area contributed by atoms with Crippen LogP contribution in [0, 0.1) is 6.92 Å². The largest absolute Gasteiger partial charge is 0.399 e. The first-order chi connectivity index (χ1) is 6.77. The second-order valence-corrected chi connectivity index (χ2v) is 4.14. The molecule has 14 heavy (non-hydrogen) atoms. The summed E-state index contributed by atoms with van der Waals surface area (Å²) in [7, 11) is 0. The third-order valence-electron chi connectivity index (χ3n) is 3.17. The van der Waals surface area contributed by atoms with E-state index in [4.69, 9.17) is 5.73 Å². The lowest BCUT2D eigenvalue weighted by Crippen LogP contribution is -2.34. The van der Waals surface area contributed by atoms with Crippen molar-refractivity contribution in [1.29, 1.82) is 0 Å². The maximum absolute atomic E-state index is 5.85. The Kier molecular flexibility index (Phi) is 2.73. The van der Waals surface area contributed by atoms with Gasteiger partial charge in [0.15, 0.2) is 0 Å². The van der Waals surface area contributed by atoms with Gasteiger partial charge in [0.1, 0.15) is 0 Å². The third kappa shape index (κ3) is 1.90. The van der Waals surface area contributed by atoms with E-state index in [1.165, 1.54) is 30.4 Å². The van der Waals surface area contributed by atoms with Crippen molar-refractivity contribution in [2.45, 2.75) is 38.8 Å². The van der Waals surface area contributed by atoms with Crippen LogP contribution in [0.4, 0.5) is 5.69 Å². The van der Waals surface area contributed by atoms with Gasteiger partial charge in [-0.25, -0.2) is 0 Å². The van der Waals surface area contributed by atoms with Gasteiger partial charge >= 0.3 is 0 Å². The van der Waals surface area contributed by atoms with Crippen LogP contribution in [-0.4, -0.2) is 6.04 Å². The van der Waals surface area contributed by atoms with Crippen molar-refractivity contribution in [2.75, 3.05) is 5.73 Å². The summed E-state index contributed by atoms with van der Waals surface area (Å²) in [6.07, 6.45) is 4.05. The molecule has 1 aliphatic carbocycles. The van der Waals surface area contributed by atoms with Gasteiger partial charge in [0.05, 0.1) is 0 Å². The highest BCUT2D eigenvalue weighted by atomic mass is 14.9. The van der Waals surface area contributed by atoms with Crippen molar-refractivity contribution in [3.63, 3.8) is 0 Å². The molecule has 2 heteroatoms. The highest BCUT2D eigenvalue weighted by Gasteiger charge is 2.16. The van der Waals surface area contributed by atoms with Crippen LogP contribution in [0.25, 0.3) is 0 Å². The van der Waals surface area contributed by atoms with E-state index in [1.807, 2.05) is 12.1 Å². The van der Waals surface area contributed by atoms with Gasteiger partial charge in [-0.15, -0.1) is 0 Å². The summed E-state index contributed by atoms with van der Waals surface area (Å²) in [6.45, 7) is 3.05. The van der Waals surface area contributed by atoms with Crippen LogP contribution in [0.15, 0.2) is 18.2 Å². The van der Waals surface area contributed by atoms with Gasteiger partial charge < -0.3 is 11.1 Å². The second kappa shape index (κ2) is 4.01. The zero-order valence-electron chi connectivity index (χ0n) is 8.72. The maximum Gasteiger partial charge on any atom is 0.0346 e. The zero-order valence-corrected chi connectivity index (χ0v) is 8.72. The SMILES string of the molecule is Cc1c(N)cccc1CNC1CCC1. The summed E-state index contributed by atoms with van der Waals surface area (Å²) in [6, 6.07) is 6.88. The zero-order chi connectivity index (χ0) is 9.97. The number of anilines is 1. The Hall–Kier alpha value is -1.02. The highest BCUT2D eigenvalue weighted by molar-refractivity contribution is 5.49. The van der Waals surface area contributed by atoms with E-state index in [9.17, 15) is 0 Å². The van der Waals surface area contributed by atoms with Gasteiger partial charge in [-0.05, 0) is 37.0 Å². The topological polar surface area (TPSA) is 38.0 Å². The van der Waals surface area contributed by atoms with Crippen LogP contribution in [0.2, 0.25) is 0 Å². The molecule has 0 amide bonds. The predicted molar refractivity (Wildman–Crippen MR) is 60.1 cm³/mol. The summed E-state index contributed by atoms with van der Waals surface area (Å²) < 4.78 is 0. The van der Waals surface area contributed by atoms with E-state index in [0.29, 0.717) is 0 Å². The molecule has 2 rings (SSSR count). The Bertz CT molecular complexity index is 316. The predicted octanol–water partition coefficient (Wildman–Crippen LogP) is 2.22. The lowest BCUT2D eigenvalue weighted by molar-refractivity contribution is 0.338. The first kappa shape index (κ1) is 9.53. The van der Waals surface area contributed by atoms with Gasteiger partial charge in [-0.3, -0.25) is 0 Å². The van der Waals surface area contributed by atoms with Crippen molar-refractivity contribution in [2.24, 2.45) is 0 Å². The van der Waals surface area contributed by atoms with Crippen molar-refractivity contribution < 1.29 is 0 Å². The third-order valence-corrected chi connectivity index (χ3v) is 3.17. The van der Waals surface area contributed by atoms with Crippen molar-refractivity contribution in [3.05, 3.63) is 29.3 Å². The summed E-state index contributed by atoms with van der Waals surface area (Å²) >= 11 is 0. The molecule has 0 radical (unpaired) electrons. The van der Waals surface area contributed by atoms with E-state index in [0.717, 1.165) is 18.3 Å². The highest BCUT2D eigenvalue weighted by Crippen LogP contribution is 2.20. The molecule has 0 saturated heterocycles. The number of nitrogens with one attached hydrogen (secondary N) is 1. The Morgan fingerprint density at radius 1 is 1.43 bits per heavy atom. The minimum Gasteiger partial charge on any atom is -0.399 e. The molecule has 0 aliphatic heterocycles. The fourth-order valence-electron chi connectivity index (χ4n) is 1.76. The van der Waals surface area contributed by atoms with E-state index in [1.54, 1.807) is 0 Å². The summed E-state index contributed by atoms with van der Waals surface area (Å²) in [5, 5.41) is 3.55. The van der Waals surface area contributed by atoms with E-state index in [2.05, 4.69) is 18.3 Å². The molecule has 0 spiro atoms. The van der Waals surface area contributed by atoms with Crippen molar-refractivity contribution in [3.8, 4) is 0 Å². The number of hydrogen-bond acceptors (Lipinski definition) is 2. The smallest absolute Gasteiger partial charge is 0.0346 e. The quantitative estimate of drug-likeness (QED) is 0.717. The fourth-order valence-corrected chi connectivity index (χ4v) is 1.76. The van der Waals surface area contributed by atoms with Gasteiger partial charge in [0.2, 0.25) is 0 Å². The van der Waals surface area contributed by atoms with Crippen LogP contribution < -0.4 is 11.1 Å². The lowest BCUT2D eigenvalue weighted by Gasteiger charge is -2.27. The minimum absolute atomic E-state index is 0.746. The molecular formula is C12H18N2. The van der Waals surface area contributed by atoms with Crippen LogP contribution in [0.5, 0.6) is 0 Å². The molecule has 76 valence electrons. The number of benzene rings is 1. The normalized spacial score (nSPS) is 16.6. The van der Waals surface area contributed by atoms with Crippen molar-refractivity contribution >= 4 is 5.69 Å². The van der Waals surface area contributed by atoms with Crippen LogP contribution in [0.1, 0.15) is 30.4 Å². The average molecular weight is 190 g/mol. The molecule has 1 saturated carbocycles. The first-order valence-electron chi connectivity index (χ1n) is 5.34. The minimum atomic E-state index is 0.746. The molecule has 0 unspecified atom stereocenters. The average Bonchev–Trinajstić information content (AvgIpc) is 2.09. The van der Waals surface area contributed by atoms with E-state index >= 15 is 0 Å². The Morgan fingerprint density at radius 2 is 2.21 bits per heavy atom. The van der Waals surface area contributed by atoms with Crippen molar-refractivity contribution in [1.82, 2.24) is 5.32 Å². The Morgan fingerprint density at radius 3 is 2.86 bits per heavy atom. The maximum atomic E-state index is 5.85. The summed E-state index contributed by atoms with van der Waals surface area (Å²) in [4.78, 5) is 0. The molecule has 0 bridgehead atoms. The molecule has 1 aromatic carbocycles. The molecule has 0 heterocycles. The molecule has 3 N–H and O–H groups in total. The lowest BCUT2D eigenvalue weighted by atomic mass is 9.93. The van der Waals surface area contributed by atoms with E-state index in [-0.39, 0.29) is 0 Å². The van der Waals surface area contributed by atoms with Crippen LogP contribution >= 0.6 is 0 Å². The van der Waals surface area contributed by atoms with Gasteiger partial charge in [0, 0.05) is 18.3 Å². The van der Waals surface area contributed by atoms with E-state index < -0.39 is 0 Å².